The largest absolute Gasteiger partial charge is 0.305 e. The summed E-state index contributed by atoms with van der Waals surface area (Å²) in [6, 6.07) is 0. The highest BCUT2D eigenvalue weighted by Gasteiger charge is 2.10. The molecule has 0 bridgehead atoms. The Bertz CT molecular complexity index is 157. The van der Waals surface area contributed by atoms with Crippen LogP contribution in [0, 0.1) is 5.92 Å². The Kier molecular flexibility index (Phi) is 6.26. The van der Waals surface area contributed by atoms with Gasteiger partial charge in [-0.1, -0.05) is 13.8 Å². The van der Waals surface area contributed by atoms with Crippen LogP contribution in [0.5, 0.6) is 0 Å². The molecule has 0 aromatic carbocycles. The molecule has 1 aliphatic rings. The molecule has 0 aromatic rings. The van der Waals surface area contributed by atoms with Gasteiger partial charge in [0.05, 0.1) is 0 Å². The third-order valence-corrected chi connectivity index (χ3v) is 3.32. The Morgan fingerprint density at radius 1 is 1.00 bits per heavy atom. The first kappa shape index (κ1) is 13.0. The van der Waals surface area contributed by atoms with E-state index in [1.807, 2.05) is 0 Å². The van der Waals surface area contributed by atoms with Crippen LogP contribution in [0.4, 0.5) is 0 Å². The lowest BCUT2D eigenvalue weighted by Gasteiger charge is -2.28. The molecule has 0 amide bonds. The molecule has 2 heteroatoms. The van der Waals surface area contributed by atoms with E-state index in [4.69, 9.17) is 0 Å². The van der Waals surface area contributed by atoms with Crippen molar-refractivity contribution in [3.63, 3.8) is 0 Å². The van der Waals surface area contributed by atoms with Gasteiger partial charge in [-0.2, -0.15) is 0 Å². The summed E-state index contributed by atoms with van der Waals surface area (Å²) >= 11 is 0. The Labute approximate surface area is 95.6 Å². The van der Waals surface area contributed by atoms with Gasteiger partial charge in [0.15, 0.2) is 0 Å². The molecule has 0 spiro atoms. The van der Waals surface area contributed by atoms with Crippen LogP contribution < -0.4 is 0 Å². The van der Waals surface area contributed by atoms with Gasteiger partial charge < -0.3 is 9.80 Å². The number of likely N-dealkylation sites (N-methyl/N-ethyl adjacent to an activating group) is 1. The molecular formula is C13H28N2. The summed E-state index contributed by atoms with van der Waals surface area (Å²) in [6.07, 6.45) is 5.51. The smallest absolute Gasteiger partial charge is 0.0109 e. The fourth-order valence-electron chi connectivity index (χ4n) is 2.20. The highest BCUT2D eigenvalue weighted by atomic mass is 15.2. The van der Waals surface area contributed by atoms with Crippen LogP contribution in [-0.2, 0) is 0 Å². The predicted molar refractivity (Wildman–Crippen MR) is 67.2 cm³/mol. The maximum atomic E-state index is 2.65. The minimum absolute atomic E-state index is 0.863. The van der Waals surface area contributed by atoms with Gasteiger partial charge in [0.2, 0.25) is 0 Å². The summed E-state index contributed by atoms with van der Waals surface area (Å²) < 4.78 is 0. The molecule has 1 aliphatic heterocycles. The van der Waals surface area contributed by atoms with E-state index in [-0.39, 0.29) is 0 Å². The first-order valence-corrected chi connectivity index (χ1v) is 6.59. The molecule has 0 unspecified atom stereocenters. The topological polar surface area (TPSA) is 6.48 Å². The molecule has 1 rings (SSSR count). The average molecular weight is 212 g/mol. The fourth-order valence-corrected chi connectivity index (χ4v) is 2.20. The SMILES string of the molecule is CC(C)CCCN1CCCCN(C)CC1. The maximum Gasteiger partial charge on any atom is 0.0109 e. The van der Waals surface area contributed by atoms with E-state index in [9.17, 15) is 0 Å². The van der Waals surface area contributed by atoms with Gasteiger partial charge in [-0.25, -0.2) is 0 Å². The predicted octanol–water partition coefficient (Wildman–Crippen LogP) is 2.45. The van der Waals surface area contributed by atoms with Crippen molar-refractivity contribution in [2.75, 3.05) is 39.8 Å². The lowest BCUT2D eigenvalue weighted by atomic mass is 10.1. The monoisotopic (exact) mass is 212 g/mol. The Morgan fingerprint density at radius 3 is 2.47 bits per heavy atom. The van der Waals surface area contributed by atoms with Crippen molar-refractivity contribution in [1.82, 2.24) is 9.80 Å². The van der Waals surface area contributed by atoms with Crippen molar-refractivity contribution in [2.24, 2.45) is 5.92 Å². The lowest BCUT2D eigenvalue weighted by molar-refractivity contribution is 0.190. The zero-order valence-electron chi connectivity index (χ0n) is 10.8. The first-order chi connectivity index (χ1) is 7.18. The number of hydrogen-bond donors (Lipinski definition) is 0. The molecule has 1 saturated heterocycles. The summed E-state index contributed by atoms with van der Waals surface area (Å²) in [5.74, 6) is 0.863. The van der Waals surface area contributed by atoms with E-state index >= 15 is 0 Å². The zero-order valence-corrected chi connectivity index (χ0v) is 10.8. The second-order valence-corrected chi connectivity index (χ2v) is 5.39. The quantitative estimate of drug-likeness (QED) is 0.706. The van der Waals surface area contributed by atoms with Crippen molar-refractivity contribution >= 4 is 0 Å². The minimum atomic E-state index is 0.863. The summed E-state index contributed by atoms with van der Waals surface area (Å²) in [5.41, 5.74) is 0. The van der Waals surface area contributed by atoms with Crippen molar-refractivity contribution in [3.8, 4) is 0 Å². The van der Waals surface area contributed by atoms with Gasteiger partial charge in [-0.15, -0.1) is 0 Å². The number of hydrogen-bond acceptors (Lipinski definition) is 2. The summed E-state index contributed by atoms with van der Waals surface area (Å²) in [5, 5.41) is 0. The van der Waals surface area contributed by atoms with E-state index in [1.54, 1.807) is 0 Å². The zero-order chi connectivity index (χ0) is 11.1. The number of rotatable bonds is 4. The summed E-state index contributed by atoms with van der Waals surface area (Å²) in [4.78, 5) is 5.12. The van der Waals surface area contributed by atoms with Crippen LogP contribution in [0.25, 0.3) is 0 Å². The maximum absolute atomic E-state index is 2.65. The van der Waals surface area contributed by atoms with Crippen LogP contribution in [0.15, 0.2) is 0 Å². The summed E-state index contributed by atoms with van der Waals surface area (Å²) in [7, 11) is 2.25. The molecule has 0 radical (unpaired) electrons. The van der Waals surface area contributed by atoms with Crippen LogP contribution >= 0.6 is 0 Å². The first-order valence-electron chi connectivity index (χ1n) is 6.59. The van der Waals surface area contributed by atoms with E-state index in [0.29, 0.717) is 0 Å². The molecule has 1 fully saturated rings. The summed E-state index contributed by atoms with van der Waals surface area (Å²) in [6.45, 7) is 11.1. The minimum Gasteiger partial charge on any atom is -0.305 e. The molecule has 1 heterocycles. The van der Waals surface area contributed by atoms with Crippen molar-refractivity contribution in [2.45, 2.75) is 39.5 Å². The number of nitrogens with zero attached hydrogens (tertiary/aromatic N) is 2. The van der Waals surface area contributed by atoms with Crippen LogP contribution in [0.1, 0.15) is 39.5 Å². The molecule has 90 valence electrons. The van der Waals surface area contributed by atoms with Crippen molar-refractivity contribution in [1.29, 1.82) is 0 Å². The van der Waals surface area contributed by atoms with Gasteiger partial charge in [-0.3, -0.25) is 0 Å². The van der Waals surface area contributed by atoms with E-state index in [0.717, 1.165) is 5.92 Å². The standard InChI is InChI=1S/C13H28N2/c1-13(2)7-6-10-15-9-5-4-8-14(3)11-12-15/h13H,4-12H2,1-3H3. The third-order valence-electron chi connectivity index (χ3n) is 3.32. The van der Waals surface area contributed by atoms with E-state index in [1.165, 1.54) is 58.4 Å². The Hall–Kier alpha value is -0.0800. The molecule has 0 aliphatic carbocycles. The highest BCUT2D eigenvalue weighted by Crippen LogP contribution is 2.07. The van der Waals surface area contributed by atoms with Gasteiger partial charge >= 0.3 is 0 Å². The Morgan fingerprint density at radius 2 is 1.73 bits per heavy atom. The second kappa shape index (κ2) is 7.24. The highest BCUT2D eigenvalue weighted by molar-refractivity contribution is 4.66. The van der Waals surface area contributed by atoms with E-state index < -0.39 is 0 Å². The second-order valence-electron chi connectivity index (χ2n) is 5.39. The molecule has 0 atom stereocenters. The molecular weight excluding hydrogens is 184 g/mol. The Balaban J connectivity index is 2.15. The third kappa shape index (κ3) is 6.16. The van der Waals surface area contributed by atoms with Crippen LogP contribution in [0.2, 0.25) is 0 Å². The molecule has 2 nitrogen and oxygen atoms in total. The normalized spacial score (nSPS) is 21.6. The van der Waals surface area contributed by atoms with Gasteiger partial charge in [0.25, 0.3) is 0 Å². The molecule has 0 N–H and O–H groups in total. The molecule has 0 saturated carbocycles. The van der Waals surface area contributed by atoms with E-state index in [2.05, 4.69) is 30.7 Å². The molecule has 0 aromatic heterocycles. The van der Waals surface area contributed by atoms with Gasteiger partial charge in [-0.05, 0) is 58.3 Å². The fraction of sp³-hybridized carbons (Fsp3) is 1.00. The lowest BCUT2D eigenvalue weighted by Crippen LogP contribution is -2.37. The van der Waals surface area contributed by atoms with Crippen LogP contribution in [0.3, 0.4) is 0 Å². The molecule has 15 heavy (non-hydrogen) atoms. The van der Waals surface area contributed by atoms with Gasteiger partial charge in [0, 0.05) is 13.1 Å². The van der Waals surface area contributed by atoms with Crippen molar-refractivity contribution < 1.29 is 0 Å². The van der Waals surface area contributed by atoms with Crippen LogP contribution in [-0.4, -0.2) is 49.6 Å². The average Bonchev–Trinajstić information content (AvgIpc) is 2.15. The van der Waals surface area contributed by atoms with Gasteiger partial charge in [0.1, 0.15) is 0 Å². The van der Waals surface area contributed by atoms with Crippen molar-refractivity contribution in [3.05, 3.63) is 0 Å².